The molecule has 1 aromatic rings. The number of nitrogens with zero attached hydrogens (tertiary/aromatic N) is 1. The Bertz CT molecular complexity index is 469. The molecule has 0 radical (unpaired) electrons. The summed E-state index contributed by atoms with van der Waals surface area (Å²) >= 11 is 1.77. The van der Waals surface area contributed by atoms with Gasteiger partial charge in [0.2, 0.25) is 10.0 Å². The van der Waals surface area contributed by atoms with Gasteiger partial charge in [0.15, 0.2) is 0 Å². The molecule has 0 fully saturated rings. The van der Waals surface area contributed by atoms with E-state index in [0.717, 1.165) is 24.3 Å². The fraction of sp³-hybridized carbons (Fsp3) is 0.636. The molecule has 0 saturated carbocycles. The van der Waals surface area contributed by atoms with Crippen LogP contribution in [0.25, 0.3) is 0 Å². The van der Waals surface area contributed by atoms with Crippen LogP contribution in [0.15, 0.2) is 17.2 Å². The second-order valence-corrected chi connectivity index (χ2v) is 6.83. The lowest BCUT2D eigenvalue weighted by Gasteiger charge is -2.04. The van der Waals surface area contributed by atoms with Gasteiger partial charge in [-0.25, -0.2) is 13.1 Å². The molecule has 0 bridgehead atoms. The highest BCUT2D eigenvalue weighted by atomic mass is 32.2. The first-order valence-electron chi connectivity index (χ1n) is 5.85. The topological polar surface area (TPSA) is 77.1 Å². The molecule has 1 heterocycles. The molecule has 3 N–H and O–H groups in total. The average Bonchev–Trinajstić information content (AvgIpc) is 2.71. The summed E-state index contributed by atoms with van der Waals surface area (Å²) in [7, 11) is -1.60. The lowest BCUT2D eigenvalue weighted by atomic mass is 10.3. The number of nitrogens with one attached hydrogen (secondary N) is 1. The third-order valence-electron chi connectivity index (χ3n) is 2.67. The van der Waals surface area contributed by atoms with E-state index in [9.17, 15) is 8.42 Å². The molecule has 7 heteroatoms. The molecule has 0 aromatic carbocycles. The minimum atomic E-state index is -3.39. The van der Waals surface area contributed by atoms with Gasteiger partial charge in [-0.15, -0.1) is 0 Å². The van der Waals surface area contributed by atoms with Crippen molar-refractivity contribution in [2.75, 3.05) is 18.6 Å². The molecule has 104 valence electrons. The molecule has 18 heavy (non-hydrogen) atoms. The summed E-state index contributed by atoms with van der Waals surface area (Å²) < 4.78 is 28.3. The molecule has 0 aliphatic heterocycles. The number of sulfonamides is 1. The van der Waals surface area contributed by atoms with Gasteiger partial charge in [-0.2, -0.15) is 11.8 Å². The maximum atomic E-state index is 12.0. The molecule has 0 unspecified atom stereocenters. The van der Waals surface area contributed by atoms with Crippen molar-refractivity contribution < 1.29 is 8.42 Å². The predicted molar refractivity (Wildman–Crippen MR) is 76.1 cm³/mol. The normalized spacial score (nSPS) is 11.9. The minimum absolute atomic E-state index is 0.287. The quantitative estimate of drug-likeness (QED) is 0.698. The van der Waals surface area contributed by atoms with Crippen LogP contribution in [-0.2, 0) is 23.6 Å². The monoisotopic (exact) mass is 291 g/mol. The number of aryl methyl sites for hydroxylation is 1. The minimum Gasteiger partial charge on any atom is -0.352 e. The van der Waals surface area contributed by atoms with Crippen LogP contribution >= 0.6 is 11.8 Å². The van der Waals surface area contributed by atoms with Crippen LogP contribution in [0, 0.1) is 0 Å². The Hall–Kier alpha value is -0.500. The van der Waals surface area contributed by atoms with Gasteiger partial charge in [0.05, 0.1) is 4.90 Å². The number of aromatic nitrogens is 1. The van der Waals surface area contributed by atoms with Crippen molar-refractivity contribution in [3.05, 3.63) is 18.0 Å². The highest BCUT2D eigenvalue weighted by Crippen LogP contribution is 2.12. The largest absolute Gasteiger partial charge is 0.352 e. The van der Waals surface area contributed by atoms with Crippen LogP contribution in [0.1, 0.15) is 18.5 Å². The Morgan fingerprint density at radius 3 is 2.72 bits per heavy atom. The van der Waals surface area contributed by atoms with Gasteiger partial charge in [0.25, 0.3) is 0 Å². The molecule has 1 rings (SSSR count). The Balaban J connectivity index is 2.57. The lowest BCUT2D eigenvalue weighted by molar-refractivity contribution is 0.578. The lowest BCUT2D eigenvalue weighted by Crippen LogP contribution is -2.24. The van der Waals surface area contributed by atoms with Crippen LogP contribution < -0.4 is 10.5 Å². The van der Waals surface area contributed by atoms with Crippen LogP contribution in [0.5, 0.6) is 0 Å². The molecule has 0 aliphatic carbocycles. The first kappa shape index (κ1) is 15.6. The molecule has 0 atom stereocenters. The zero-order chi connectivity index (χ0) is 13.6. The van der Waals surface area contributed by atoms with Gasteiger partial charge in [0.1, 0.15) is 0 Å². The summed E-state index contributed by atoms with van der Waals surface area (Å²) in [4.78, 5) is 0.287. The van der Waals surface area contributed by atoms with Crippen molar-refractivity contribution in [1.82, 2.24) is 9.29 Å². The fourth-order valence-corrected chi connectivity index (χ4v) is 3.25. The average molecular weight is 291 g/mol. The summed E-state index contributed by atoms with van der Waals surface area (Å²) in [6.07, 6.45) is 5.51. The molecular weight excluding hydrogens is 270 g/mol. The summed E-state index contributed by atoms with van der Waals surface area (Å²) in [5, 5.41) is 0. The SMILES string of the molecule is CSCCCCNS(=O)(=O)c1cc(CN)n(C)c1. The van der Waals surface area contributed by atoms with E-state index in [1.165, 1.54) is 0 Å². The molecule has 5 nitrogen and oxygen atoms in total. The van der Waals surface area contributed by atoms with Crippen molar-refractivity contribution >= 4 is 21.8 Å². The summed E-state index contributed by atoms with van der Waals surface area (Å²) in [5.41, 5.74) is 6.33. The summed E-state index contributed by atoms with van der Waals surface area (Å²) in [6.45, 7) is 0.815. The predicted octanol–water partition coefficient (Wildman–Crippen LogP) is 0.905. The van der Waals surface area contributed by atoms with Gasteiger partial charge < -0.3 is 10.3 Å². The van der Waals surface area contributed by atoms with Gasteiger partial charge in [-0.05, 0) is 30.9 Å². The van der Waals surface area contributed by atoms with Crippen LogP contribution in [-0.4, -0.2) is 31.5 Å². The number of rotatable bonds is 8. The molecule has 0 aliphatic rings. The molecule has 0 saturated heterocycles. The third-order valence-corrected chi connectivity index (χ3v) is 4.79. The third kappa shape index (κ3) is 4.31. The molecule has 0 amide bonds. The van der Waals surface area contributed by atoms with Crippen molar-refractivity contribution in [3.8, 4) is 0 Å². The van der Waals surface area contributed by atoms with Crippen molar-refractivity contribution in [1.29, 1.82) is 0 Å². The fourth-order valence-electron chi connectivity index (χ4n) is 1.59. The number of nitrogens with two attached hydrogens (primary N) is 1. The van der Waals surface area contributed by atoms with Gasteiger partial charge in [-0.1, -0.05) is 0 Å². The van der Waals surface area contributed by atoms with E-state index in [0.29, 0.717) is 13.1 Å². The Kier molecular flexibility index (Phi) is 6.20. The highest BCUT2D eigenvalue weighted by molar-refractivity contribution is 7.98. The van der Waals surface area contributed by atoms with Crippen LogP contribution in [0.2, 0.25) is 0 Å². The summed E-state index contributed by atoms with van der Waals surface area (Å²) in [6, 6.07) is 1.62. The van der Waals surface area contributed by atoms with E-state index < -0.39 is 10.0 Å². The van der Waals surface area contributed by atoms with E-state index in [1.807, 2.05) is 6.26 Å². The van der Waals surface area contributed by atoms with Crippen LogP contribution in [0.4, 0.5) is 0 Å². The smallest absolute Gasteiger partial charge is 0.242 e. The zero-order valence-corrected chi connectivity index (χ0v) is 12.5. The van der Waals surface area contributed by atoms with Crippen LogP contribution in [0.3, 0.4) is 0 Å². The van der Waals surface area contributed by atoms with Gasteiger partial charge in [0, 0.05) is 32.0 Å². The van der Waals surface area contributed by atoms with E-state index in [2.05, 4.69) is 4.72 Å². The number of hydrogen-bond acceptors (Lipinski definition) is 4. The Morgan fingerprint density at radius 2 is 2.17 bits per heavy atom. The van der Waals surface area contributed by atoms with E-state index in [1.54, 1.807) is 35.6 Å². The molecule has 1 aromatic heterocycles. The number of unbranched alkanes of at least 4 members (excludes halogenated alkanes) is 1. The number of thioether (sulfide) groups is 1. The van der Waals surface area contributed by atoms with Gasteiger partial charge in [-0.3, -0.25) is 0 Å². The maximum absolute atomic E-state index is 12.0. The van der Waals surface area contributed by atoms with E-state index in [-0.39, 0.29) is 4.90 Å². The van der Waals surface area contributed by atoms with Crippen molar-refractivity contribution in [2.45, 2.75) is 24.3 Å². The first-order chi connectivity index (χ1) is 8.51. The second kappa shape index (κ2) is 7.18. The highest BCUT2D eigenvalue weighted by Gasteiger charge is 2.16. The van der Waals surface area contributed by atoms with E-state index >= 15 is 0 Å². The molecular formula is C11H21N3O2S2. The number of hydrogen-bond donors (Lipinski definition) is 2. The molecule has 0 spiro atoms. The van der Waals surface area contributed by atoms with Crippen molar-refractivity contribution in [3.63, 3.8) is 0 Å². The zero-order valence-electron chi connectivity index (χ0n) is 10.8. The van der Waals surface area contributed by atoms with Gasteiger partial charge >= 0.3 is 0 Å². The second-order valence-electron chi connectivity index (χ2n) is 4.08. The Labute approximate surface area is 113 Å². The maximum Gasteiger partial charge on any atom is 0.242 e. The van der Waals surface area contributed by atoms with E-state index in [4.69, 9.17) is 5.73 Å². The summed E-state index contributed by atoms with van der Waals surface area (Å²) in [5.74, 6) is 1.06. The first-order valence-corrected chi connectivity index (χ1v) is 8.73. The standard InChI is InChI=1S/C11H21N3O2S2/c1-14-9-11(7-10(14)8-12)18(15,16)13-5-3-4-6-17-2/h7,9,13H,3-6,8,12H2,1-2H3. The van der Waals surface area contributed by atoms with Crippen molar-refractivity contribution in [2.24, 2.45) is 12.8 Å². The Morgan fingerprint density at radius 1 is 1.44 bits per heavy atom.